The Balaban J connectivity index is 1.56. The number of nitrogens with one attached hydrogen (secondary N) is 1. The van der Waals surface area contributed by atoms with Crippen LogP contribution >= 0.6 is 0 Å². The summed E-state index contributed by atoms with van der Waals surface area (Å²) in [5.41, 5.74) is 1.63. The number of carbonyl (C=O) groups excluding carboxylic acids is 3. The van der Waals surface area contributed by atoms with Crippen LogP contribution in [0.15, 0.2) is 18.2 Å². The van der Waals surface area contributed by atoms with Crippen LogP contribution in [0, 0.1) is 11.1 Å². The van der Waals surface area contributed by atoms with Gasteiger partial charge in [-0.1, -0.05) is 12.1 Å². The van der Waals surface area contributed by atoms with Crippen LogP contribution in [0.2, 0.25) is 0 Å². The fourth-order valence-electron chi connectivity index (χ4n) is 4.26. The Bertz CT molecular complexity index is 757. The van der Waals surface area contributed by atoms with Crippen LogP contribution in [0.1, 0.15) is 58.4 Å². The Morgan fingerprint density at radius 3 is 2.54 bits per heavy atom. The van der Waals surface area contributed by atoms with Gasteiger partial charge < -0.3 is 15.6 Å². The van der Waals surface area contributed by atoms with Crippen LogP contribution in [0.3, 0.4) is 0 Å². The number of aryl methyl sites for hydroxylation is 1. The standard InChI is InChI=1S/C19H22N3O4/c23-16-7-6-15(22(16)26)21-18(24)14-3-1-2-13(17(14)19(21)25)5-4-12-8-10-20-11-9-12/h1-3,12,15,20H,4-11H2/q-1. The van der Waals surface area contributed by atoms with E-state index in [-0.39, 0.29) is 17.9 Å². The molecule has 2 fully saturated rings. The number of imide groups is 1. The molecule has 0 saturated carbocycles. The Labute approximate surface area is 151 Å². The Kier molecular flexibility index (Phi) is 4.50. The lowest BCUT2D eigenvalue weighted by atomic mass is 9.89. The second-order valence-corrected chi connectivity index (χ2v) is 7.29. The minimum absolute atomic E-state index is 0.0736. The number of amides is 3. The second kappa shape index (κ2) is 6.81. The van der Waals surface area contributed by atoms with E-state index in [9.17, 15) is 19.6 Å². The van der Waals surface area contributed by atoms with Crippen LogP contribution in [0.5, 0.6) is 0 Å². The average molecular weight is 356 g/mol. The number of piperidine rings is 1. The first kappa shape index (κ1) is 17.2. The zero-order valence-corrected chi connectivity index (χ0v) is 14.6. The molecule has 3 heterocycles. The zero-order chi connectivity index (χ0) is 18.3. The summed E-state index contributed by atoms with van der Waals surface area (Å²) in [6.45, 7) is 2.05. The van der Waals surface area contributed by atoms with E-state index in [2.05, 4.69) is 5.32 Å². The fraction of sp³-hybridized carbons (Fsp3) is 0.526. The summed E-state index contributed by atoms with van der Waals surface area (Å²) >= 11 is 0. The molecule has 0 aromatic heterocycles. The summed E-state index contributed by atoms with van der Waals surface area (Å²) in [7, 11) is 0. The van der Waals surface area contributed by atoms with E-state index >= 15 is 0 Å². The van der Waals surface area contributed by atoms with Crippen LogP contribution in [-0.4, -0.2) is 46.9 Å². The number of hydrogen-bond acceptors (Lipinski definition) is 5. The van der Waals surface area contributed by atoms with Crippen molar-refractivity contribution in [3.8, 4) is 0 Å². The molecular weight excluding hydrogens is 334 g/mol. The highest BCUT2D eigenvalue weighted by Gasteiger charge is 2.44. The van der Waals surface area contributed by atoms with Gasteiger partial charge in [0.05, 0.1) is 11.1 Å². The number of fused-ring (bicyclic) bond motifs is 1. The molecule has 4 rings (SSSR count). The van der Waals surface area contributed by atoms with Crippen molar-refractivity contribution in [1.29, 1.82) is 0 Å². The Morgan fingerprint density at radius 2 is 1.85 bits per heavy atom. The number of hydrogen-bond donors (Lipinski definition) is 1. The number of hydroxylamine groups is 2. The number of nitrogens with zero attached hydrogens (tertiary/aromatic N) is 2. The molecule has 1 unspecified atom stereocenters. The summed E-state index contributed by atoms with van der Waals surface area (Å²) in [4.78, 5) is 38.2. The van der Waals surface area contributed by atoms with Crippen molar-refractivity contribution < 1.29 is 14.4 Å². The van der Waals surface area contributed by atoms with E-state index in [1.165, 1.54) is 0 Å². The van der Waals surface area contributed by atoms with Gasteiger partial charge in [0.15, 0.2) is 0 Å². The summed E-state index contributed by atoms with van der Waals surface area (Å²) in [5, 5.41) is 15.6. The number of benzene rings is 1. The predicted octanol–water partition coefficient (Wildman–Crippen LogP) is 1.66. The van der Waals surface area contributed by atoms with E-state index in [1.807, 2.05) is 6.07 Å². The van der Waals surface area contributed by atoms with Crippen molar-refractivity contribution in [2.45, 2.75) is 44.7 Å². The maximum absolute atomic E-state index is 12.9. The van der Waals surface area contributed by atoms with Gasteiger partial charge in [-0.3, -0.25) is 19.3 Å². The van der Waals surface area contributed by atoms with E-state index < -0.39 is 23.9 Å². The van der Waals surface area contributed by atoms with Crippen LogP contribution in [0.4, 0.5) is 0 Å². The lowest BCUT2D eigenvalue weighted by Crippen LogP contribution is -2.46. The molecule has 138 valence electrons. The third-order valence-corrected chi connectivity index (χ3v) is 5.74. The van der Waals surface area contributed by atoms with Crippen molar-refractivity contribution in [3.63, 3.8) is 0 Å². The third kappa shape index (κ3) is 2.81. The highest BCUT2D eigenvalue weighted by atomic mass is 16.5. The lowest BCUT2D eigenvalue weighted by molar-refractivity contribution is -0.127. The Hall–Kier alpha value is -2.25. The Morgan fingerprint density at radius 1 is 1.08 bits per heavy atom. The molecule has 3 aliphatic rings. The van der Waals surface area contributed by atoms with Crippen molar-refractivity contribution in [2.75, 3.05) is 13.1 Å². The van der Waals surface area contributed by atoms with Gasteiger partial charge in [0.2, 0.25) is 5.91 Å². The number of carbonyl (C=O) groups is 3. The van der Waals surface area contributed by atoms with Gasteiger partial charge in [0.25, 0.3) is 11.8 Å². The topological polar surface area (TPSA) is 92.8 Å². The van der Waals surface area contributed by atoms with Gasteiger partial charge in [-0.2, -0.15) is 0 Å². The zero-order valence-electron chi connectivity index (χ0n) is 14.6. The molecule has 1 atom stereocenters. The lowest BCUT2D eigenvalue weighted by Gasteiger charge is -2.35. The molecule has 7 heteroatoms. The third-order valence-electron chi connectivity index (χ3n) is 5.74. The highest BCUT2D eigenvalue weighted by molar-refractivity contribution is 6.22. The molecule has 1 aromatic carbocycles. The normalized spacial score (nSPS) is 23.9. The van der Waals surface area contributed by atoms with Crippen LogP contribution < -0.4 is 5.32 Å². The van der Waals surface area contributed by atoms with Crippen molar-refractivity contribution in [2.24, 2.45) is 5.92 Å². The molecule has 0 spiro atoms. The van der Waals surface area contributed by atoms with Gasteiger partial charge in [-0.15, -0.1) is 0 Å². The molecule has 1 N–H and O–H groups in total. The molecule has 0 bridgehead atoms. The summed E-state index contributed by atoms with van der Waals surface area (Å²) in [5.74, 6) is -0.849. The first-order valence-corrected chi connectivity index (χ1v) is 9.27. The van der Waals surface area contributed by atoms with Gasteiger partial charge in [-0.25, -0.2) is 0 Å². The van der Waals surface area contributed by atoms with Crippen molar-refractivity contribution >= 4 is 17.7 Å². The second-order valence-electron chi connectivity index (χ2n) is 7.29. The van der Waals surface area contributed by atoms with Crippen molar-refractivity contribution in [1.82, 2.24) is 15.3 Å². The minimum Gasteiger partial charge on any atom is -0.755 e. The maximum atomic E-state index is 12.9. The van der Waals surface area contributed by atoms with Gasteiger partial charge in [-0.05, 0) is 62.7 Å². The monoisotopic (exact) mass is 356 g/mol. The van der Waals surface area contributed by atoms with E-state index in [1.54, 1.807) is 12.1 Å². The molecule has 3 amide bonds. The fourth-order valence-corrected chi connectivity index (χ4v) is 4.26. The summed E-state index contributed by atoms with van der Waals surface area (Å²) in [6, 6.07) is 5.32. The smallest absolute Gasteiger partial charge is 0.263 e. The maximum Gasteiger partial charge on any atom is 0.263 e. The molecule has 26 heavy (non-hydrogen) atoms. The van der Waals surface area contributed by atoms with Crippen molar-refractivity contribution in [3.05, 3.63) is 40.1 Å². The minimum atomic E-state index is -1.01. The molecule has 2 saturated heterocycles. The molecule has 1 aromatic rings. The van der Waals surface area contributed by atoms with E-state index in [0.717, 1.165) is 49.2 Å². The van der Waals surface area contributed by atoms with Crippen LogP contribution in [0.25, 0.3) is 0 Å². The first-order chi connectivity index (χ1) is 12.6. The van der Waals surface area contributed by atoms with Gasteiger partial charge >= 0.3 is 0 Å². The first-order valence-electron chi connectivity index (χ1n) is 9.27. The van der Waals surface area contributed by atoms with Crippen LogP contribution in [-0.2, 0) is 11.2 Å². The van der Waals surface area contributed by atoms with E-state index in [4.69, 9.17) is 0 Å². The quantitative estimate of drug-likeness (QED) is 0.828. The SMILES string of the molecule is O=C1CCC(N2C(=O)c3cccc(CCC4CCNCC4)c3C2=O)N1[O-]. The van der Waals surface area contributed by atoms with Gasteiger partial charge in [0, 0.05) is 6.42 Å². The molecular formula is C19H22N3O4-. The average Bonchev–Trinajstić information content (AvgIpc) is 3.11. The van der Waals surface area contributed by atoms with Gasteiger partial charge in [0.1, 0.15) is 6.17 Å². The molecule has 0 radical (unpaired) electrons. The number of rotatable bonds is 4. The molecule has 7 nitrogen and oxygen atoms in total. The highest BCUT2D eigenvalue weighted by Crippen LogP contribution is 2.33. The summed E-state index contributed by atoms with van der Waals surface area (Å²) in [6.07, 6.45) is 3.25. The summed E-state index contributed by atoms with van der Waals surface area (Å²) < 4.78 is 0. The van der Waals surface area contributed by atoms with E-state index in [0.29, 0.717) is 17.0 Å². The molecule has 0 aliphatic carbocycles. The largest absolute Gasteiger partial charge is 0.755 e. The molecule has 3 aliphatic heterocycles. The predicted molar refractivity (Wildman–Crippen MR) is 94.1 cm³/mol.